The smallest absolute Gasteiger partial charge is 0.380 e. The van der Waals surface area contributed by atoms with Crippen LogP contribution in [0.15, 0.2) is 53.4 Å². The van der Waals surface area contributed by atoms with Gasteiger partial charge in [0.25, 0.3) is 0 Å². The predicted octanol–water partition coefficient (Wildman–Crippen LogP) is 4.02. The number of hydrogen-bond donors (Lipinski definition) is 2. The predicted molar refractivity (Wildman–Crippen MR) is 124 cm³/mol. The van der Waals surface area contributed by atoms with Crippen LogP contribution >= 0.6 is 0 Å². The summed E-state index contributed by atoms with van der Waals surface area (Å²) in [6.07, 6.45) is -4.77. The third-order valence-corrected chi connectivity index (χ3v) is 8.44. The lowest BCUT2D eigenvalue weighted by Gasteiger charge is -2.34. The molecule has 0 amide bonds. The zero-order chi connectivity index (χ0) is 25.1. The van der Waals surface area contributed by atoms with Crippen LogP contribution in [-0.2, 0) is 15.4 Å². The van der Waals surface area contributed by atoms with Crippen LogP contribution in [-0.4, -0.2) is 49.3 Å². The monoisotopic (exact) mass is 495 g/mol. The summed E-state index contributed by atoms with van der Waals surface area (Å²) >= 11 is 0. The van der Waals surface area contributed by atoms with E-state index < -0.39 is 33.0 Å². The van der Waals surface area contributed by atoms with Gasteiger partial charge in [0.2, 0.25) is 0 Å². The molecule has 5 nitrogen and oxygen atoms in total. The molecule has 2 atom stereocenters. The molecule has 0 aromatic heterocycles. The van der Waals surface area contributed by atoms with Gasteiger partial charge in [-0.25, -0.2) is 8.42 Å². The molecule has 3 rings (SSSR count). The van der Waals surface area contributed by atoms with Crippen molar-refractivity contribution in [2.45, 2.75) is 61.1 Å². The largest absolute Gasteiger partial charge is 0.421 e. The standard InChI is InChI=1S/C25H28F3NO4S/c1-3-20(30)11-9-18-17-19(24(2,31)25(26,27)28)10-12-23(18)29-15-13-22(14-16-29)34(32,33)21-7-5-4-6-8-21/h4-8,10,12,17,20,22,30-31H,3,13-16H2,1-2H3/t20-,24?/m1/s1. The quantitative estimate of drug-likeness (QED) is 0.613. The van der Waals surface area contributed by atoms with Crippen LogP contribution in [0.3, 0.4) is 0 Å². The van der Waals surface area contributed by atoms with Crippen LogP contribution in [0.2, 0.25) is 0 Å². The van der Waals surface area contributed by atoms with Crippen molar-refractivity contribution in [2.24, 2.45) is 0 Å². The number of piperidine rings is 1. The van der Waals surface area contributed by atoms with Gasteiger partial charge in [0.15, 0.2) is 15.4 Å². The maximum atomic E-state index is 13.4. The summed E-state index contributed by atoms with van der Waals surface area (Å²) in [5.74, 6) is 5.37. The number of hydrogen-bond acceptors (Lipinski definition) is 5. The molecule has 0 aliphatic carbocycles. The second-order valence-corrected chi connectivity index (χ2v) is 10.8. The normalized spacial score (nSPS) is 18.0. The minimum Gasteiger partial charge on any atom is -0.380 e. The van der Waals surface area contributed by atoms with Crippen molar-refractivity contribution in [2.75, 3.05) is 18.0 Å². The molecule has 2 N–H and O–H groups in total. The summed E-state index contributed by atoms with van der Waals surface area (Å²) in [4.78, 5) is 2.15. The number of halogens is 3. The first-order valence-corrected chi connectivity index (χ1v) is 12.6. The molecule has 1 heterocycles. The molecule has 2 aromatic rings. The Balaban J connectivity index is 1.90. The Bertz CT molecular complexity index is 1160. The number of aliphatic hydroxyl groups is 2. The summed E-state index contributed by atoms with van der Waals surface area (Å²) in [5.41, 5.74) is -2.66. The molecule has 0 radical (unpaired) electrons. The minimum atomic E-state index is -4.88. The summed E-state index contributed by atoms with van der Waals surface area (Å²) in [5, 5.41) is 19.4. The van der Waals surface area contributed by atoms with Gasteiger partial charge in [-0.3, -0.25) is 0 Å². The molecule has 184 valence electrons. The van der Waals surface area contributed by atoms with Crippen LogP contribution in [0.1, 0.15) is 44.2 Å². The zero-order valence-corrected chi connectivity index (χ0v) is 19.8. The fourth-order valence-electron chi connectivity index (χ4n) is 3.85. The van der Waals surface area contributed by atoms with E-state index in [1.807, 2.05) is 4.90 Å². The molecule has 2 aromatic carbocycles. The fraction of sp³-hybridized carbons (Fsp3) is 0.440. The maximum Gasteiger partial charge on any atom is 0.421 e. The molecule has 0 bridgehead atoms. The molecule has 0 saturated carbocycles. The maximum absolute atomic E-state index is 13.4. The highest BCUT2D eigenvalue weighted by atomic mass is 32.2. The van der Waals surface area contributed by atoms with Crippen molar-refractivity contribution >= 4 is 15.5 Å². The lowest BCUT2D eigenvalue weighted by atomic mass is 9.92. The number of alkyl halides is 3. The van der Waals surface area contributed by atoms with E-state index in [1.165, 1.54) is 18.2 Å². The van der Waals surface area contributed by atoms with E-state index in [0.717, 1.165) is 0 Å². The lowest BCUT2D eigenvalue weighted by Crippen LogP contribution is -2.40. The van der Waals surface area contributed by atoms with E-state index in [9.17, 15) is 31.8 Å². The molecule has 9 heteroatoms. The minimum absolute atomic E-state index is 0.235. The van der Waals surface area contributed by atoms with Gasteiger partial charge < -0.3 is 15.1 Å². The highest BCUT2D eigenvalue weighted by molar-refractivity contribution is 7.92. The number of anilines is 1. The number of aliphatic hydroxyl groups excluding tert-OH is 1. The SMILES string of the molecule is CC[C@@H](O)C#Cc1cc(C(C)(O)C(F)(F)F)ccc1N1CCC(S(=O)(=O)c2ccccc2)CC1. The van der Waals surface area contributed by atoms with Crippen LogP contribution in [0, 0.1) is 11.8 Å². The van der Waals surface area contributed by atoms with Gasteiger partial charge in [0.1, 0.15) is 6.10 Å². The molecule has 1 saturated heterocycles. The third-order valence-electron chi connectivity index (χ3n) is 6.16. The first-order valence-electron chi connectivity index (χ1n) is 11.0. The third kappa shape index (κ3) is 5.40. The lowest BCUT2D eigenvalue weighted by molar-refractivity contribution is -0.258. The van der Waals surface area contributed by atoms with Crippen LogP contribution < -0.4 is 4.90 Å². The highest BCUT2D eigenvalue weighted by Crippen LogP contribution is 2.40. The van der Waals surface area contributed by atoms with Gasteiger partial charge in [-0.05, 0) is 56.0 Å². The highest BCUT2D eigenvalue weighted by Gasteiger charge is 2.51. The average Bonchev–Trinajstić information content (AvgIpc) is 2.82. The molecular formula is C25H28F3NO4S. The molecule has 1 aliphatic rings. The van der Waals surface area contributed by atoms with Gasteiger partial charge >= 0.3 is 6.18 Å². The van der Waals surface area contributed by atoms with Crippen molar-refractivity contribution in [1.29, 1.82) is 0 Å². The van der Waals surface area contributed by atoms with Crippen molar-refractivity contribution in [3.05, 3.63) is 59.7 Å². The van der Waals surface area contributed by atoms with E-state index in [0.29, 0.717) is 45.0 Å². The second-order valence-electron chi connectivity index (χ2n) is 8.54. The molecule has 1 aliphatic heterocycles. The van der Waals surface area contributed by atoms with Crippen molar-refractivity contribution in [3.63, 3.8) is 0 Å². The van der Waals surface area contributed by atoms with Gasteiger partial charge in [-0.15, -0.1) is 0 Å². The van der Waals surface area contributed by atoms with E-state index in [1.54, 1.807) is 37.3 Å². The second kappa shape index (κ2) is 9.98. The Labute approximate surface area is 198 Å². The van der Waals surface area contributed by atoms with Gasteiger partial charge in [-0.2, -0.15) is 13.2 Å². The van der Waals surface area contributed by atoms with E-state index in [2.05, 4.69) is 11.8 Å². The van der Waals surface area contributed by atoms with Crippen LogP contribution in [0.4, 0.5) is 18.9 Å². The summed E-state index contributed by atoms with van der Waals surface area (Å²) in [6, 6.07) is 12.1. The Morgan fingerprint density at radius 2 is 1.74 bits per heavy atom. The van der Waals surface area contributed by atoms with E-state index >= 15 is 0 Å². The first-order chi connectivity index (χ1) is 15.9. The van der Waals surface area contributed by atoms with Gasteiger partial charge in [0.05, 0.1) is 15.8 Å². The van der Waals surface area contributed by atoms with Crippen molar-refractivity contribution < 1.29 is 31.8 Å². The first kappa shape index (κ1) is 26.1. The molecular weight excluding hydrogens is 467 g/mol. The number of benzene rings is 2. The van der Waals surface area contributed by atoms with Crippen molar-refractivity contribution in [3.8, 4) is 11.8 Å². The Morgan fingerprint density at radius 1 is 1.12 bits per heavy atom. The summed E-state index contributed by atoms with van der Waals surface area (Å²) in [7, 11) is -3.49. The molecule has 0 spiro atoms. The van der Waals surface area contributed by atoms with E-state index in [4.69, 9.17) is 0 Å². The number of rotatable bonds is 5. The van der Waals surface area contributed by atoms with Gasteiger partial charge in [-0.1, -0.05) is 43.0 Å². The summed E-state index contributed by atoms with van der Waals surface area (Å²) < 4.78 is 66.0. The van der Waals surface area contributed by atoms with E-state index in [-0.39, 0.29) is 16.0 Å². The van der Waals surface area contributed by atoms with Crippen molar-refractivity contribution in [1.82, 2.24) is 0 Å². The Kier molecular flexibility index (Phi) is 7.65. The molecule has 1 unspecified atom stereocenters. The zero-order valence-electron chi connectivity index (χ0n) is 19.0. The molecule has 1 fully saturated rings. The average molecular weight is 496 g/mol. The topological polar surface area (TPSA) is 77.8 Å². The number of nitrogens with zero attached hydrogens (tertiary/aromatic N) is 1. The molecule has 34 heavy (non-hydrogen) atoms. The Morgan fingerprint density at radius 3 is 2.29 bits per heavy atom. The fourth-order valence-corrected chi connectivity index (χ4v) is 5.60. The summed E-state index contributed by atoms with van der Waals surface area (Å²) in [6.45, 7) is 3.15. The van der Waals surface area contributed by atoms with Gasteiger partial charge in [0, 0.05) is 18.7 Å². The van der Waals surface area contributed by atoms with Crippen LogP contribution in [0.5, 0.6) is 0 Å². The van der Waals surface area contributed by atoms with Crippen LogP contribution in [0.25, 0.3) is 0 Å². The number of sulfone groups is 1. The Hall–Kier alpha value is -2.54.